The topological polar surface area (TPSA) is 85.0 Å². The van der Waals surface area contributed by atoms with Crippen molar-refractivity contribution in [1.82, 2.24) is 0 Å². The number of carbonyl (C=O) groups excluding carboxylic acids is 1. The van der Waals surface area contributed by atoms with Crippen molar-refractivity contribution in [2.45, 2.75) is 18.9 Å². The van der Waals surface area contributed by atoms with Crippen molar-refractivity contribution in [3.8, 4) is 0 Å². The molecule has 128 valence electrons. The third-order valence-electron chi connectivity index (χ3n) is 4.24. The highest BCUT2D eigenvalue weighted by molar-refractivity contribution is 6.08. The third kappa shape index (κ3) is 2.96. The molecule has 7 nitrogen and oxygen atoms in total. The van der Waals surface area contributed by atoms with Crippen molar-refractivity contribution >= 4 is 23.1 Å². The second-order valence-electron chi connectivity index (χ2n) is 5.94. The molecule has 0 saturated carbocycles. The number of hydrogen-bond acceptors (Lipinski definition) is 6. The molecule has 25 heavy (non-hydrogen) atoms. The van der Waals surface area contributed by atoms with E-state index in [0.717, 1.165) is 11.3 Å². The summed E-state index contributed by atoms with van der Waals surface area (Å²) < 4.78 is 4.97. The molecule has 0 N–H and O–H groups in total. The van der Waals surface area contributed by atoms with Crippen LogP contribution in [0.25, 0.3) is 0 Å². The van der Waals surface area contributed by atoms with E-state index in [-0.39, 0.29) is 5.69 Å². The van der Waals surface area contributed by atoms with Crippen molar-refractivity contribution < 1.29 is 14.5 Å². The van der Waals surface area contributed by atoms with Crippen LogP contribution in [0.3, 0.4) is 0 Å². The number of rotatable bonds is 4. The van der Waals surface area contributed by atoms with E-state index in [9.17, 15) is 14.9 Å². The molecule has 3 rings (SSSR count). The second-order valence-corrected chi connectivity index (χ2v) is 5.94. The first kappa shape index (κ1) is 16.6. The zero-order valence-corrected chi connectivity index (χ0v) is 13.9. The summed E-state index contributed by atoms with van der Waals surface area (Å²) in [6, 6.07) is 15.5. The van der Waals surface area contributed by atoms with Gasteiger partial charge in [0.2, 0.25) is 0 Å². The number of hydrazone groups is 1. The number of non-ortho nitro benzene ring substituents is 1. The molecular weight excluding hydrogens is 322 g/mol. The fourth-order valence-corrected chi connectivity index (χ4v) is 2.89. The molecule has 2 aromatic rings. The number of benzene rings is 2. The lowest BCUT2D eigenvalue weighted by Crippen LogP contribution is -2.48. The largest absolute Gasteiger partial charge is 0.467 e. The molecule has 1 heterocycles. The first-order valence-electron chi connectivity index (χ1n) is 7.72. The minimum absolute atomic E-state index is 0.0185. The molecule has 0 radical (unpaired) electrons. The van der Waals surface area contributed by atoms with Gasteiger partial charge in [-0.1, -0.05) is 30.3 Å². The van der Waals surface area contributed by atoms with Crippen LogP contribution in [0, 0.1) is 10.1 Å². The van der Waals surface area contributed by atoms with E-state index in [1.807, 2.05) is 30.3 Å². The first-order chi connectivity index (χ1) is 12.0. The standard InChI is InChI=1S/C18H17N3O4/c1-18(17(22)25-2)12-16(13-6-4-3-5-7-13)19-20(18)14-8-10-15(11-9-14)21(23)24/h3-11H,12H2,1-2H3. The number of esters is 1. The summed E-state index contributed by atoms with van der Waals surface area (Å²) in [6.45, 7) is 1.75. The van der Waals surface area contributed by atoms with E-state index in [1.54, 1.807) is 24.1 Å². The molecule has 1 aliphatic heterocycles. The summed E-state index contributed by atoms with van der Waals surface area (Å²) in [7, 11) is 1.34. The van der Waals surface area contributed by atoms with Gasteiger partial charge in [0.15, 0.2) is 5.54 Å². The van der Waals surface area contributed by atoms with Gasteiger partial charge in [-0.05, 0) is 24.6 Å². The normalized spacial score (nSPS) is 19.4. The van der Waals surface area contributed by atoms with Crippen LogP contribution >= 0.6 is 0 Å². The predicted octanol–water partition coefficient (Wildman–Crippen LogP) is 3.14. The maximum absolute atomic E-state index is 12.4. The number of nitro groups is 1. The smallest absolute Gasteiger partial charge is 0.333 e. The summed E-state index contributed by atoms with van der Waals surface area (Å²) in [5.74, 6) is -0.416. The highest BCUT2D eigenvalue weighted by Crippen LogP contribution is 2.36. The van der Waals surface area contributed by atoms with Gasteiger partial charge in [-0.15, -0.1) is 0 Å². The molecule has 0 saturated heterocycles. The Hall–Kier alpha value is -3.22. The SMILES string of the molecule is COC(=O)C1(C)CC(c2ccccc2)=NN1c1ccc([N+](=O)[O-])cc1. The molecule has 7 heteroatoms. The van der Waals surface area contributed by atoms with Gasteiger partial charge in [0, 0.05) is 18.6 Å². The first-order valence-corrected chi connectivity index (χ1v) is 7.72. The second kappa shape index (κ2) is 6.35. The maximum atomic E-state index is 12.4. The van der Waals surface area contributed by atoms with E-state index in [4.69, 9.17) is 4.74 Å². The van der Waals surface area contributed by atoms with Crippen LogP contribution in [0.4, 0.5) is 11.4 Å². The van der Waals surface area contributed by atoms with Gasteiger partial charge in [0.05, 0.1) is 23.4 Å². The van der Waals surface area contributed by atoms with Gasteiger partial charge in [0.1, 0.15) is 0 Å². The quantitative estimate of drug-likeness (QED) is 0.485. The van der Waals surface area contributed by atoms with E-state index in [2.05, 4.69) is 5.10 Å². The van der Waals surface area contributed by atoms with Gasteiger partial charge in [0.25, 0.3) is 5.69 Å². The summed E-state index contributed by atoms with van der Waals surface area (Å²) in [5.41, 5.74) is 1.23. The molecule has 1 aliphatic rings. The number of methoxy groups -OCH3 is 1. The lowest BCUT2D eigenvalue weighted by Gasteiger charge is -2.31. The number of hydrogen-bond donors (Lipinski definition) is 0. The number of nitro benzene ring substituents is 1. The minimum Gasteiger partial charge on any atom is -0.467 e. The monoisotopic (exact) mass is 339 g/mol. The van der Waals surface area contributed by atoms with Crippen LogP contribution in [0.15, 0.2) is 59.7 Å². The molecule has 2 aromatic carbocycles. The Kier molecular flexibility index (Phi) is 4.22. The Morgan fingerprint density at radius 1 is 1.20 bits per heavy atom. The van der Waals surface area contributed by atoms with Crippen molar-refractivity contribution in [1.29, 1.82) is 0 Å². The van der Waals surface area contributed by atoms with Crippen molar-refractivity contribution in [3.05, 3.63) is 70.3 Å². The lowest BCUT2D eigenvalue weighted by molar-refractivity contribution is -0.384. The van der Waals surface area contributed by atoms with Crippen LogP contribution in [-0.4, -0.2) is 29.3 Å². The molecule has 1 atom stereocenters. The Balaban J connectivity index is 2.03. The number of anilines is 1. The fraction of sp³-hybridized carbons (Fsp3) is 0.222. The average molecular weight is 339 g/mol. The van der Waals surface area contributed by atoms with Gasteiger partial charge in [-0.3, -0.25) is 10.1 Å². The number of ether oxygens (including phenoxy) is 1. The van der Waals surface area contributed by atoms with Crippen molar-refractivity contribution in [2.75, 3.05) is 12.1 Å². The van der Waals surface area contributed by atoms with E-state index >= 15 is 0 Å². The highest BCUT2D eigenvalue weighted by atomic mass is 16.6. The van der Waals surface area contributed by atoms with Gasteiger partial charge < -0.3 is 4.74 Å². The average Bonchev–Trinajstić information content (AvgIpc) is 3.00. The molecule has 1 unspecified atom stereocenters. The summed E-state index contributed by atoms with van der Waals surface area (Å²) >= 11 is 0. The van der Waals surface area contributed by atoms with Crippen LogP contribution < -0.4 is 5.01 Å². The molecular formula is C18H17N3O4. The summed E-state index contributed by atoms with van der Waals surface area (Å²) in [4.78, 5) is 22.8. The predicted molar refractivity (Wildman–Crippen MR) is 93.6 cm³/mol. The lowest BCUT2D eigenvalue weighted by atomic mass is 9.92. The van der Waals surface area contributed by atoms with E-state index < -0.39 is 16.4 Å². The van der Waals surface area contributed by atoms with Crippen LogP contribution in [0.1, 0.15) is 18.9 Å². The number of nitrogens with zero attached hydrogens (tertiary/aromatic N) is 3. The Morgan fingerprint density at radius 3 is 2.40 bits per heavy atom. The van der Waals surface area contributed by atoms with E-state index in [0.29, 0.717) is 12.1 Å². The molecule has 0 bridgehead atoms. The van der Waals surface area contributed by atoms with Crippen molar-refractivity contribution in [2.24, 2.45) is 5.10 Å². The molecule has 0 aliphatic carbocycles. The zero-order chi connectivity index (χ0) is 18.0. The number of carbonyl (C=O) groups is 1. The fourth-order valence-electron chi connectivity index (χ4n) is 2.89. The van der Waals surface area contributed by atoms with Gasteiger partial charge in [-0.2, -0.15) is 5.10 Å². The molecule has 0 amide bonds. The Labute approximate surface area is 144 Å². The molecule has 0 fully saturated rings. The minimum atomic E-state index is -1.02. The Morgan fingerprint density at radius 2 is 1.84 bits per heavy atom. The third-order valence-corrected chi connectivity index (χ3v) is 4.24. The maximum Gasteiger partial charge on any atom is 0.333 e. The highest BCUT2D eigenvalue weighted by Gasteiger charge is 2.47. The molecule has 0 spiro atoms. The van der Waals surface area contributed by atoms with Gasteiger partial charge in [-0.25, -0.2) is 9.80 Å². The van der Waals surface area contributed by atoms with Gasteiger partial charge >= 0.3 is 5.97 Å². The van der Waals surface area contributed by atoms with Crippen molar-refractivity contribution in [3.63, 3.8) is 0 Å². The molecule has 0 aromatic heterocycles. The summed E-state index contributed by atoms with van der Waals surface area (Å²) in [5, 5.41) is 17.0. The zero-order valence-electron chi connectivity index (χ0n) is 13.9. The van der Waals surface area contributed by atoms with Crippen LogP contribution in [0.2, 0.25) is 0 Å². The van der Waals surface area contributed by atoms with Crippen LogP contribution in [-0.2, 0) is 9.53 Å². The Bertz CT molecular complexity index is 833. The van der Waals surface area contributed by atoms with E-state index in [1.165, 1.54) is 19.2 Å². The summed E-state index contributed by atoms with van der Waals surface area (Å²) in [6.07, 6.45) is 0.376. The van der Waals surface area contributed by atoms with Crippen LogP contribution in [0.5, 0.6) is 0 Å².